The molecule has 0 atom stereocenters. The van der Waals surface area contributed by atoms with E-state index in [0.717, 1.165) is 5.56 Å². The summed E-state index contributed by atoms with van der Waals surface area (Å²) in [6, 6.07) is 13.3. The zero-order valence-electron chi connectivity index (χ0n) is 11.7. The van der Waals surface area contributed by atoms with E-state index in [0.29, 0.717) is 5.56 Å². The highest BCUT2D eigenvalue weighted by molar-refractivity contribution is 5.93. The van der Waals surface area contributed by atoms with E-state index < -0.39 is 11.8 Å². The minimum absolute atomic E-state index is 0.152. The quantitative estimate of drug-likeness (QED) is 0.806. The summed E-state index contributed by atoms with van der Waals surface area (Å²) >= 11 is 0. The van der Waals surface area contributed by atoms with Crippen LogP contribution >= 0.6 is 0 Å². The van der Waals surface area contributed by atoms with Gasteiger partial charge in [-0.1, -0.05) is 41.1 Å². The SMILES string of the molecule is Cc1cccc(-c2c(C(=O)O)nnn2-c2ccccc2F)c1. The van der Waals surface area contributed by atoms with E-state index >= 15 is 0 Å². The summed E-state index contributed by atoms with van der Waals surface area (Å²) in [5.74, 6) is -1.71. The van der Waals surface area contributed by atoms with Gasteiger partial charge in [-0.3, -0.25) is 0 Å². The fourth-order valence-corrected chi connectivity index (χ4v) is 2.27. The number of rotatable bonds is 3. The number of aryl methyl sites for hydroxylation is 1. The highest BCUT2D eigenvalue weighted by Gasteiger charge is 2.22. The fraction of sp³-hybridized carbons (Fsp3) is 0.0625. The Morgan fingerprint density at radius 2 is 1.95 bits per heavy atom. The van der Waals surface area contributed by atoms with Crippen molar-refractivity contribution in [3.63, 3.8) is 0 Å². The van der Waals surface area contributed by atoms with E-state index in [4.69, 9.17) is 0 Å². The lowest BCUT2D eigenvalue weighted by atomic mass is 10.1. The second-order valence-electron chi connectivity index (χ2n) is 4.82. The van der Waals surface area contributed by atoms with Gasteiger partial charge in [0.15, 0.2) is 5.69 Å². The van der Waals surface area contributed by atoms with Gasteiger partial charge in [0, 0.05) is 5.56 Å². The Morgan fingerprint density at radius 1 is 1.18 bits per heavy atom. The summed E-state index contributed by atoms with van der Waals surface area (Å²) in [4.78, 5) is 11.4. The molecule has 0 aliphatic heterocycles. The molecule has 2 aromatic carbocycles. The van der Waals surface area contributed by atoms with Crippen molar-refractivity contribution in [2.24, 2.45) is 0 Å². The van der Waals surface area contributed by atoms with E-state index in [1.807, 2.05) is 19.1 Å². The van der Waals surface area contributed by atoms with Crippen LogP contribution in [0.15, 0.2) is 48.5 Å². The minimum Gasteiger partial charge on any atom is -0.476 e. The first kappa shape index (κ1) is 13.9. The predicted octanol–water partition coefficient (Wildman–Crippen LogP) is 3.08. The summed E-state index contributed by atoms with van der Waals surface area (Å²) in [5, 5.41) is 16.8. The number of carboxylic acid groups (broad SMARTS) is 1. The molecule has 3 aromatic rings. The van der Waals surface area contributed by atoms with E-state index in [2.05, 4.69) is 10.3 Å². The number of carbonyl (C=O) groups is 1. The molecule has 0 fully saturated rings. The summed E-state index contributed by atoms with van der Waals surface area (Å²) in [5.41, 5.74) is 1.76. The molecule has 1 aromatic heterocycles. The van der Waals surface area contributed by atoms with Crippen LogP contribution in [0.2, 0.25) is 0 Å². The molecule has 0 aliphatic rings. The maximum absolute atomic E-state index is 14.0. The largest absolute Gasteiger partial charge is 0.476 e. The summed E-state index contributed by atoms with van der Waals surface area (Å²) in [6.45, 7) is 1.89. The van der Waals surface area contributed by atoms with Crippen molar-refractivity contribution >= 4 is 5.97 Å². The molecule has 0 bridgehead atoms. The molecule has 22 heavy (non-hydrogen) atoms. The van der Waals surface area contributed by atoms with E-state index in [1.54, 1.807) is 24.3 Å². The Hall–Kier alpha value is -3.02. The lowest BCUT2D eigenvalue weighted by Crippen LogP contribution is -2.04. The molecule has 110 valence electrons. The Kier molecular flexibility index (Phi) is 3.42. The molecule has 0 radical (unpaired) electrons. The van der Waals surface area contributed by atoms with Gasteiger partial charge >= 0.3 is 5.97 Å². The number of halogens is 1. The van der Waals surface area contributed by atoms with Gasteiger partial charge in [0.2, 0.25) is 0 Å². The molecule has 6 heteroatoms. The van der Waals surface area contributed by atoms with Crippen molar-refractivity contribution in [3.8, 4) is 16.9 Å². The number of hydrogen-bond acceptors (Lipinski definition) is 3. The molecule has 0 amide bonds. The van der Waals surface area contributed by atoms with Gasteiger partial charge in [0.05, 0.1) is 0 Å². The molecule has 1 heterocycles. The molecular weight excluding hydrogens is 285 g/mol. The third-order valence-corrected chi connectivity index (χ3v) is 3.24. The second-order valence-corrected chi connectivity index (χ2v) is 4.82. The molecular formula is C16H12FN3O2. The Morgan fingerprint density at radius 3 is 2.64 bits per heavy atom. The van der Waals surface area contributed by atoms with Gasteiger partial charge in [-0.25, -0.2) is 13.9 Å². The molecule has 5 nitrogen and oxygen atoms in total. The standard InChI is InChI=1S/C16H12FN3O2/c1-10-5-4-6-11(9-10)15-14(16(21)22)18-19-20(15)13-8-3-2-7-12(13)17/h2-9H,1H3,(H,21,22). The van der Waals surface area contributed by atoms with Crippen LogP contribution in [0, 0.1) is 12.7 Å². The summed E-state index contributed by atoms with van der Waals surface area (Å²) in [7, 11) is 0. The summed E-state index contributed by atoms with van der Waals surface area (Å²) < 4.78 is 15.2. The van der Waals surface area contributed by atoms with Crippen LogP contribution in [0.1, 0.15) is 16.1 Å². The monoisotopic (exact) mass is 297 g/mol. The number of carboxylic acids is 1. The normalized spacial score (nSPS) is 10.6. The first-order valence-corrected chi connectivity index (χ1v) is 6.59. The van der Waals surface area contributed by atoms with Gasteiger partial charge in [-0.15, -0.1) is 5.10 Å². The van der Waals surface area contributed by atoms with E-state index in [-0.39, 0.29) is 17.1 Å². The molecule has 0 aliphatic carbocycles. The van der Waals surface area contributed by atoms with Crippen LogP contribution in [0.3, 0.4) is 0 Å². The number of hydrogen-bond donors (Lipinski definition) is 1. The highest BCUT2D eigenvalue weighted by atomic mass is 19.1. The third kappa shape index (κ3) is 2.35. The van der Waals surface area contributed by atoms with Crippen LogP contribution in [-0.2, 0) is 0 Å². The second kappa shape index (κ2) is 5.40. The zero-order chi connectivity index (χ0) is 15.7. The van der Waals surface area contributed by atoms with Crippen molar-refractivity contribution < 1.29 is 14.3 Å². The lowest BCUT2D eigenvalue weighted by molar-refractivity contribution is 0.0691. The number of aromatic nitrogens is 3. The maximum Gasteiger partial charge on any atom is 0.358 e. The van der Waals surface area contributed by atoms with Crippen LogP contribution in [-0.4, -0.2) is 26.1 Å². The van der Waals surface area contributed by atoms with Crippen molar-refractivity contribution in [1.82, 2.24) is 15.0 Å². The van der Waals surface area contributed by atoms with Crippen molar-refractivity contribution in [1.29, 1.82) is 0 Å². The Bertz CT molecular complexity index is 858. The van der Waals surface area contributed by atoms with Crippen LogP contribution in [0.4, 0.5) is 4.39 Å². The van der Waals surface area contributed by atoms with Gasteiger partial charge in [-0.2, -0.15) is 0 Å². The minimum atomic E-state index is -1.21. The van der Waals surface area contributed by atoms with Crippen molar-refractivity contribution in [3.05, 3.63) is 65.6 Å². The smallest absolute Gasteiger partial charge is 0.358 e. The fourth-order valence-electron chi connectivity index (χ4n) is 2.27. The number of benzene rings is 2. The molecule has 1 N–H and O–H groups in total. The number of aromatic carboxylic acids is 1. The van der Waals surface area contributed by atoms with Crippen LogP contribution in [0.25, 0.3) is 16.9 Å². The summed E-state index contributed by atoms with van der Waals surface area (Å²) in [6.07, 6.45) is 0. The first-order chi connectivity index (χ1) is 10.6. The van der Waals surface area contributed by atoms with E-state index in [1.165, 1.54) is 16.8 Å². The molecule has 0 spiro atoms. The first-order valence-electron chi connectivity index (χ1n) is 6.59. The Balaban J connectivity index is 2.29. The van der Waals surface area contributed by atoms with Crippen molar-refractivity contribution in [2.45, 2.75) is 6.92 Å². The average molecular weight is 297 g/mol. The molecule has 0 unspecified atom stereocenters. The average Bonchev–Trinajstić information content (AvgIpc) is 2.92. The van der Waals surface area contributed by atoms with E-state index in [9.17, 15) is 14.3 Å². The van der Waals surface area contributed by atoms with Crippen molar-refractivity contribution in [2.75, 3.05) is 0 Å². The number of nitrogens with zero attached hydrogens (tertiary/aromatic N) is 3. The number of para-hydroxylation sites is 1. The van der Waals surface area contributed by atoms with Gasteiger partial charge in [0.25, 0.3) is 0 Å². The maximum atomic E-state index is 14.0. The lowest BCUT2D eigenvalue weighted by Gasteiger charge is -2.08. The van der Waals surface area contributed by atoms with Gasteiger partial charge in [-0.05, 0) is 25.1 Å². The Labute approximate surface area is 125 Å². The topological polar surface area (TPSA) is 68.0 Å². The zero-order valence-corrected chi connectivity index (χ0v) is 11.7. The molecule has 3 rings (SSSR count). The molecule has 0 saturated carbocycles. The predicted molar refractivity (Wildman–Crippen MR) is 78.4 cm³/mol. The molecule has 0 saturated heterocycles. The third-order valence-electron chi connectivity index (χ3n) is 3.24. The van der Waals surface area contributed by atoms with Gasteiger partial charge < -0.3 is 5.11 Å². The van der Waals surface area contributed by atoms with Crippen LogP contribution < -0.4 is 0 Å². The van der Waals surface area contributed by atoms with Gasteiger partial charge in [0.1, 0.15) is 17.2 Å². The highest BCUT2D eigenvalue weighted by Crippen LogP contribution is 2.27. The van der Waals surface area contributed by atoms with Crippen LogP contribution in [0.5, 0.6) is 0 Å².